The molecule has 1 aliphatic rings. The molecule has 21 heavy (non-hydrogen) atoms. The molecule has 0 N–H and O–H groups in total. The van der Waals surface area contributed by atoms with Crippen LogP contribution in [0.25, 0.3) is 0 Å². The monoisotopic (exact) mass is 337 g/mol. The molecule has 1 saturated heterocycles. The standard InChI is InChI=1S/C12H16FNO5S2/c1-14(10-5-7-19-8-6-10)21(17,18)12-4-2-3-11(9-12)20(13,15)16/h2-4,9-10H,5-8H2,1H3. The first kappa shape index (κ1) is 16.3. The van der Waals surface area contributed by atoms with Gasteiger partial charge in [0, 0.05) is 26.3 Å². The number of hydrogen-bond acceptors (Lipinski definition) is 5. The average Bonchev–Trinajstić information content (AvgIpc) is 2.46. The summed E-state index contributed by atoms with van der Waals surface area (Å²) >= 11 is 0. The Morgan fingerprint density at radius 3 is 2.29 bits per heavy atom. The molecular formula is C12H16FNO5S2. The zero-order chi connectivity index (χ0) is 15.7. The second kappa shape index (κ2) is 5.99. The van der Waals surface area contributed by atoms with Crippen molar-refractivity contribution < 1.29 is 25.5 Å². The van der Waals surface area contributed by atoms with Crippen molar-refractivity contribution in [1.29, 1.82) is 0 Å². The zero-order valence-electron chi connectivity index (χ0n) is 11.4. The zero-order valence-corrected chi connectivity index (χ0v) is 13.0. The number of nitrogens with zero attached hydrogens (tertiary/aromatic N) is 1. The van der Waals surface area contributed by atoms with Crippen molar-refractivity contribution in [3.8, 4) is 0 Å². The lowest BCUT2D eigenvalue weighted by atomic mass is 10.1. The van der Waals surface area contributed by atoms with Crippen LogP contribution < -0.4 is 0 Å². The normalized spacial score (nSPS) is 18.0. The van der Waals surface area contributed by atoms with Crippen molar-refractivity contribution >= 4 is 20.2 Å². The summed E-state index contributed by atoms with van der Waals surface area (Å²) in [6, 6.07) is 4.09. The van der Waals surface area contributed by atoms with Gasteiger partial charge in [-0.1, -0.05) is 6.07 Å². The smallest absolute Gasteiger partial charge is 0.332 e. The quantitative estimate of drug-likeness (QED) is 0.770. The van der Waals surface area contributed by atoms with Crippen molar-refractivity contribution in [3.05, 3.63) is 24.3 Å². The Labute approximate surface area is 123 Å². The lowest BCUT2D eigenvalue weighted by molar-refractivity contribution is 0.0632. The summed E-state index contributed by atoms with van der Waals surface area (Å²) in [4.78, 5) is -0.904. The number of sulfonamides is 1. The van der Waals surface area contributed by atoms with Gasteiger partial charge in [0.1, 0.15) is 0 Å². The minimum atomic E-state index is -4.94. The molecule has 0 bridgehead atoms. The van der Waals surface area contributed by atoms with Crippen LogP contribution in [0.2, 0.25) is 0 Å². The average molecular weight is 337 g/mol. The molecule has 9 heteroatoms. The number of halogens is 1. The van der Waals surface area contributed by atoms with E-state index in [9.17, 15) is 20.7 Å². The van der Waals surface area contributed by atoms with E-state index in [0.29, 0.717) is 26.1 Å². The van der Waals surface area contributed by atoms with Crippen LogP contribution in [-0.2, 0) is 25.0 Å². The second-order valence-electron chi connectivity index (χ2n) is 4.78. The fourth-order valence-electron chi connectivity index (χ4n) is 2.20. The van der Waals surface area contributed by atoms with E-state index in [0.717, 1.165) is 12.1 Å². The summed E-state index contributed by atoms with van der Waals surface area (Å²) in [5.41, 5.74) is 0. The number of ether oxygens (including phenoxy) is 1. The Balaban J connectivity index is 2.35. The Kier molecular flexibility index (Phi) is 4.66. The van der Waals surface area contributed by atoms with E-state index in [-0.39, 0.29) is 10.9 Å². The Hall–Kier alpha value is -1.03. The maximum atomic E-state index is 13.0. The lowest BCUT2D eigenvalue weighted by Gasteiger charge is -2.30. The van der Waals surface area contributed by atoms with Gasteiger partial charge in [-0.15, -0.1) is 3.89 Å². The molecular weight excluding hydrogens is 321 g/mol. The van der Waals surface area contributed by atoms with Gasteiger partial charge in [0.15, 0.2) is 0 Å². The maximum absolute atomic E-state index is 13.0. The van der Waals surface area contributed by atoms with Gasteiger partial charge in [-0.25, -0.2) is 8.42 Å². The fourth-order valence-corrected chi connectivity index (χ4v) is 4.24. The van der Waals surface area contributed by atoms with Crippen molar-refractivity contribution in [2.45, 2.75) is 28.7 Å². The third-order valence-electron chi connectivity index (χ3n) is 3.47. The minimum absolute atomic E-state index is 0.214. The van der Waals surface area contributed by atoms with Crippen LogP contribution in [0, 0.1) is 0 Å². The molecule has 0 amide bonds. The summed E-state index contributed by atoms with van der Waals surface area (Å²) < 4.78 is 66.1. The maximum Gasteiger partial charge on any atom is 0.332 e. The second-order valence-corrected chi connectivity index (χ2v) is 8.12. The van der Waals surface area contributed by atoms with E-state index in [1.165, 1.54) is 23.5 Å². The predicted molar refractivity (Wildman–Crippen MR) is 73.5 cm³/mol. The highest BCUT2D eigenvalue weighted by atomic mass is 32.3. The SMILES string of the molecule is CN(C1CCOCC1)S(=O)(=O)c1cccc(S(=O)(=O)F)c1. The third-order valence-corrected chi connectivity index (χ3v) is 6.19. The number of benzene rings is 1. The molecule has 0 aliphatic carbocycles. The molecule has 1 heterocycles. The molecule has 1 aromatic rings. The van der Waals surface area contributed by atoms with Gasteiger partial charge >= 0.3 is 10.2 Å². The van der Waals surface area contributed by atoms with E-state index in [1.807, 2.05) is 0 Å². The Morgan fingerprint density at radius 2 is 1.71 bits per heavy atom. The molecule has 0 atom stereocenters. The van der Waals surface area contributed by atoms with Crippen LogP contribution in [0.1, 0.15) is 12.8 Å². The van der Waals surface area contributed by atoms with Gasteiger partial charge in [-0.3, -0.25) is 0 Å². The van der Waals surface area contributed by atoms with Crippen LogP contribution in [0.4, 0.5) is 3.89 Å². The molecule has 118 valence electrons. The van der Waals surface area contributed by atoms with Crippen molar-refractivity contribution in [3.63, 3.8) is 0 Å². The Morgan fingerprint density at radius 1 is 1.14 bits per heavy atom. The first-order valence-corrected chi connectivity index (χ1v) is 9.16. The van der Waals surface area contributed by atoms with Gasteiger partial charge in [0.25, 0.3) is 0 Å². The molecule has 0 radical (unpaired) electrons. The van der Waals surface area contributed by atoms with Gasteiger partial charge < -0.3 is 4.74 Å². The first-order chi connectivity index (χ1) is 9.73. The van der Waals surface area contributed by atoms with Crippen LogP contribution in [0.15, 0.2) is 34.1 Å². The van der Waals surface area contributed by atoms with Crippen LogP contribution >= 0.6 is 0 Å². The van der Waals surface area contributed by atoms with Gasteiger partial charge in [0.05, 0.1) is 9.79 Å². The molecule has 1 aromatic carbocycles. The van der Waals surface area contributed by atoms with Crippen molar-refractivity contribution in [2.24, 2.45) is 0 Å². The van der Waals surface area contributed by atoms with Crippen LogP contribution in [0.5, 0.6) is 0 Å². The van der Waals surface area contributed by atoms with Crippen molar-refractivity contribution in [2.75, 3.05) is 20.3 Å². The fraction of sp³-hybridized carbons (Fsp3) is 0.500. The van der Waals surface area contributed by atoms with Crippen molar-refractivity contribution in [1.82, 2.24) is 4.31 Å². The van der Waals surface area contributed by atoms with E-state index in [1.54, 1.807) is 0 Å². The molecule has 1 fully saturated rings. The topological polar surface area (TPSA) is 80.8 Å². The molecule has 0 saturated carbocycles. The minimum Gasteiger partial charge on any atom is -0.381 e. The molecule has 1 aliphatic heterocycles. The molecule has 0 aromatic heterocycles. The number of rotatable bonds is 4. The first-order valence-electron chi connectivity index (χ1n) is 6.33. The summed E-state index contributed by atoms with van der Waals surface area (Å²) in [7, 11) is -7.38. The Bertz CT molecular complexity index is 711. The predicted octanol–water partition coefficient (Wildman–Crippen LogP) is 1.14. The molecule has 6 nitrogen and oxygen atoms in total. The summed E-state index contributed by atoms with van der Waals surface area (Å²) in [6.45, 7) is 0.951. The molecule has 2 rings (SSSR count). The highest BCUT2D eigenvalue weighted by molar-refractivity contribution is 7.89. The van der Waals surface area contributed by atoms with E-state index in [4.69, 9.17) is 4.74 Å². The van der Waals surface area contributed by atoms with Crippen LogP contribution in [-0.4, -0.2) is 47.4 Å². The van der Waals surface area contributed by atoms with E-state index in [2.05, 4.69) is 0 Å². The highest BCUT2D eigenvalue weighted by Gasteiger charge is 2.30. The lowest BCUT2D eigenvalue weighted by Crippen LogP contribution is -2.40. The summed E-state index contributed by atoms with van der Waals surface area (Å²) in [6.07, 6.45) is 1.13. The van der Waals surface area contributed by atoms with E-state index >= 15 is 0 Å². The van der Waals surface area contributed by atoms with Crippen LogP contribution in [0.3, 0.4) is 0 Å². The highest BCUT2D eigenvalue weighted by Crippen LogP contribution is 2.24. The number of hydrogen-bond donors (Lipinski definition) is 0. The largest absolute Gasteiger partial charge is 0.381 e. The third kappa shape index (κ3) is 3.60. The summed E-state index contributed by atoms with van der Waals surface area (Å²) in [5, 5.41) is 0. The van der Waals surface area contributed by atoms with Gasteiger partial charge in [-0.2, -0.15) is 12.7 Å². The molecule has 0 unspecified atom stereocenters. The van der Waals surface area contributed by atoms with Gasteiger partial charge in [-0.05, 0) is 31.0 Å². The summed E-state index contributed by atoms with van der Waals surface area (Å²) in [5.74, 6) is 0. The van der Waals surface area contributed by atoms with Gasteiger partial charge in [0.2, 0.25) is 10.0 Å². The molecule has 0 spiro atoms. The van der Waals surface area contributed by atoms with E-state index < -0.39 is 25.1 Å².